The molecule has 0 bridgehead atoms. The Kier molecular flexibility index (Phi) is 6.37. The summed E-state index contributed by atoms with van der Waals surface area (Å²) in [5.74, 6) is -0.127. The number of nitrogens with zero attached hydrogens (tertiary/aromatic N) is 2. The summed E-state index contributed by atoms with van der Waals surface area (Å²) in [6.45, 7) is 5.14. The zero-order chi connectivity index (χ0) is 17.9. The van der Waals surface area contributed by atoms with Gasteiger partial charge in [-0.25, -0.2) is 4.39 Å². The molecule has 5 heteroatoms. The van der Waals surface area contributed by atoms with Crippen molar-refractivity contribution in [3.05, 3.63) is 34.6 Å². The third-order valence-corrected chi connectivity index (χ3v) is 6.40. The number of rotatable bonds is 4. The van der Waals surface area contributed by atoms with Gasteiger partial charge >= 0.3 is 0 Å². The molecule has 3 rings (SSSR count). The standard InChI is InChI=1S/C20H30ClFN2O/c1-23-10-12-24(13-11-23)15-16-6-3-2-4-9-20(16,25)14-17-18(21)7-5-8-19(17)22/h5,7-8,16,25H,2-4,6,9-15H2,1H3. The van der Waals surface area contributed by atoms with Crippen LogP contribution in [0.5, 0.6) is 0 Å². The van der Waals surface area contributed by atoms with E-state index in [9.17, 15) is 9.50 Å². The highest BCUT2D eigenvalue weighted by molar-refractivity contribution is 6.31. The van der Waals surface area contributed by atoms with Gasteiger partial charge in [0.1, 0.15) is 5.82 Å². The Morgan fingerprint density at radius 2 is 1.96 bits per heavy atom. The quantitative estimate of drug-likeness (QED) is 0.823. The van der Waals surface area contributed by atoms with Crippen LogP contribution in [-0.2, 0) is 6.42 Å². The van der Waals surface area contributed by atoms with Crippen LogP contribution >= 0.6 is 11.6 Å². The summed E-state index contributed by atoms with van der Waals surface area (Å²) >= 11 is 6.24. The normalized spacial score (nSPS) is 29.5. The fourth-order valence-electron chi connectivity index (χ4n) is 4.31. The van der Waals surface area contributed by atoms with Gasteiger partial charge in [-0.1, -0.05) is 36.9 Å². The average Bonchev–Trinajstić information content (AvgIpc) is 2.76. The molecule has 2 unspecified atom stereocenters. The number of halogens is 2. The first-order valence-electron chi connectivity index (χ1n) is 9.54. The molecule has 1 aromatic carbocycles. The van der Waals surface area contributed by atoms with E-state index in [-0.39, 0.29) is 11.7 Å². The first kappa shape index (κ1) is 19.1. The van der Waals surface area contributed by atoms with Gasteiger partial charge in [0, 0.05) is 55.6 Å². The maximum absolute atomic E-state index is 14.3. The van der Waals surface area contributed by atoms with E-state index in [0.29, 0.717) is 17.0 Å². The average molecular weight is 369 g/mol. The minimum Gasteiger partial charge on any atom is -0.389 e. The van der Waals surface area contributed by atoms with Crippen LogP contribution in [0.2, 0.25) is 5.02 Å². The van der Waals surface area contributed by atoms with E-state index in [4.69, 9.17) is 11.6 Å². The Balaban J connectivity index is 1.76. The van der Waals surface area contributed by atoms with Gasteiger partial charge in [-0.3, -0.25) is 0 Å². The van der Waals surface area contributed by atoms with Crippen LogP contribution < -0.4 is 0 Å². The molecule has 2 fully saturated rings. The Morgan fingerprint density at radius 3 is 2.68 bits per heavy atom. The molecule has 140 valence electrons. The number of likely N-dealkylation sites (N-methyl/N-ethyl adjacent to an activating group) is 1. The first-order valence-corrected chi connectivity index (χ1v) is 9.92. The largest absolute Gasteiger partial charge is 0.389 e. The second kappa shape index (κ2) is 8.34. The second-order valence-electron chi connectivity index (χ2n) is 7.88. The van der Waals surface area contributed by atoms with Crippen molar-refractivity contribution in [3.8, 4) is 0 Å². The third kappa shape index (κ3) is 4.73. The number of hydrogen-bond donors (Lipinski definition) is 1. The van der Waals surface area contributed by atoms with Crippen LogP contribution in [-0.4, -0.2) is 60.3 Å². The minimum absolute atomic E-state index is 0.175. The predicted molar refractivity (Wildman–Crippen MR) is 101 cm³/mol. The summed E-state index contributed by atoms with van der Waals surface area (Å²) in [6.07, 6.45) is 5.35. The molecule has 1 saturated heterocycles. The molecule has 1 saturated carbocycles. The first-order chi connectivity index (χ1) is 12.0. The van der Waals surface area contributed by atoms with Crippen molar-refractivity contribution in [2.24, 2.45) is 5.92 Å². The Labute approximate surface area is 155 Å². The molecule has 1 N–H and O–H groups in total. The van der Waals surface area contributed by atoms with Crippen LogP contribution in [0.4, 0.5) is 4.39 Å². The van der Waals surface area contributed by atoms with Gasteiger partial charge in [0.25, 0.3) is 0 Å². The summed E-state index contributed by atoms with van der Waals surface area (Å²) < 4.78 is 14.3. The molecule has 2 aliphatic rings. The van der Waals surface area contributed by atoms with Gasteiger partial charge in [-0.05, 0) is 32.0 Å². The fourth-order valence-corrected chi connectivity index (χ4v) is 4.54. The van der Waals surface area contributed by atoms with Crippen molar-refractivity contribution < 1.29 is 9.50 Å². The number of benzene rings is 1. The van der Waals surface area contributed by atoms with Crippen LogP contribution in [0.25, 0.3) is 0 Å². The zero-order valence-electron chi connectivity index (χ0n) is 15.2. The Hall–Kier alpha value is -0.680. The molecule has 1 aliphatic heterocycles. The highest BCUT2D eigenvalue weighted by Crippen LogP contribution is 2.37. The number of piperazine rings is 1. The maximum Gasteiger partial charge on any atom is 0.127 e. The highest BCUT2D eigenvalue weighted by Gasteiger charge is 2.39. The topological polar surface area (TPSA) is 26.7 Å². The van der Waals surface area contributed by atoms with Crippen LogP contribution in [0.1, 0.15) is 37.7 Å². The molecule has 25 heavy (non-hydrogen) atoms. The van der Waals surface area contributed by atoms with E-state index in [0.717, 1.165) is 64.8 Å². The summed E-state index contributed by atoms with van der Waals surface area (Å²) in [5, 5.41) is 12.0. The predicted octanol–water partition coefficient (Wildman–Crippen LogP) is 3.58. The summed E-state index contributed by atoms with van der Waals surface area (Å²) in [5.41, 5.74) is -0.400. The third-order valence-electron chi connectivity index (χ3n) is 6.04. The van der Waals surface area contributed by atoms with Crippen molar-refractivity contribution in [3.63, 3.8) is 0 Å². The monoisotopic (exact) mass is 368 g/mol. The summed E-state index contributed by atoms with van der Waals surface area (Å²) in [7, 11) is 2.15. The molecule has 1 aliphatic carbocycles. The van der Waals surface area contributed by atoms with E-state index >= 15 is 0 Å². The Bertz CT molecular complexity index is 557. The van der Waals surface area contributed by atoms with E-state index in [1.165, 1.54) is 6.07 Å². The highest BCUT2D eigenvalue weighted by atomic mass is 35.5. The molecule has 1 heterocycles. The lowest BCUT2D eigenvalue weighted by atomic mass is 9.78. The fraction of sp³-hybridized carbons (Fsp3) is 0.700. The molecule has 1 aromatic rings. The van der Waals surface area contributed by atoms with E-state index in [1.54, 1.807) is 12.1 Å². The lowest BCUT2D eigenvalue weighted by molar-refractivity contribution is -0.0410. The van der Waals surface area contributed by atoms with Gasteiger partial charge in [-0.15, -0.1) is 0 Å². The lowest BCUT2D eigenvalue weighted by Gasteiger charge is -2.41. The van der Waals surface area contributed by atoms with Crippen LogP contribution in [0.15, 0.2) is 18.2 Å². The van der Waals surface area contributed by atoms with E-state index in [2.05, 4.69) is 16.8 Å². The van der Waals surface area contributed by atoms with E-state index in [1.807, 2.05) is 0 Å². The maximum atomic E-state index is 14.3. The van der Waals surface area contributed by atoms with Crippen molar-refractivity contribution in [2.45, 2.75) is 44.1 Å². The van der Waals surface area contributed by atoms with Crippen molar-refractivity contribution in [1.82, 2.24) is 9.80 Å². The summed E-state index contributed by atoms with van der Waals surface area (Å²) in [4.78, 5) is 4.80. The van der Waals surface area contributed by atoms with Gasteiger partial charge < -0.3 is 14.9 Å². The molecule has 0 aromatic heterocycles. The van der Waals surface area contributed by atoms with Gasteiger partial charge in [0.05, 0.1) is 5.60 Å². The zero-order valence-corrected chi connectivity index (χ0v) is 15.9. The van der Waals surface area contributed by atoms with Crippen molar-refractivity contribution in [2.75, 3.05) is 39.8 Å². The van der Waals surface area contributed by atoms with E-state index < -0.39 is 5.60 Å². The lowest BCUT2D eigenvalue weighted by Crippen LogP contribution is -2.50. The van der Waals surface area contributed by atoms with Gasteiger partial charge in [0.2, 0.25) is 0 Å². The smallest absolute Gasteiger partial charge is 0.127 e. The SMILES string of the molecule is CN1CCN(CC2CCCCCC2(O)Cc2c(F)cccc2Cl)CC1. The van der Waals surface area contributed by atoms with Crippen molar-refractivity contribution in [1.29, 1.82) is 0 Å². The molecule has 0 radical (unpaired) electrons. The summed E-state index contributed by atoms with van der Waals surface area (Å²) in [6, 6.07) is 4.78. The second-order valence-corrected chi connectivity index (χ2v) is 8.29. The molecular formula is C20H30ClFN2O. The van der Waals surface area contributed by atoms with Crippen molar-refractivity contribution >= 4 is 11.6 Å². The van der Waals surface area contributed by atoms with Gasteiger partial charge in [0.15, 0.2) is 0 Å². The molecule has 3 nitrogen and oxygen atoms in total. The Morgan fingerprint density at radius 1 is 1.20 bits per heavy atom. The molecule has 0 spiro atoms. The van der Waals surface area contributed by atoms with Gasteiger partial charge in [-0.2, -0.15) is 0 Å². The molecular weight excluding hydrogens is 339 g/mol. The van der Waals surface area contributed by atoms with Crippen LogP contribution in [0, 0.1) is 11.7 Å². The number of hydrogen-bond acceptors (Lipinski definition) is 3. The minimum atomic E-state index is -0.869. The molecule has 0 amide bonds. The van der Waals surface area contributed by atoms with Crippen LogP contribution in [0.3, 0.4) is 0 Å². The molecule has 2 atom stereocenters. The number of aliphatic hydroxyl groups is 1.